The lowest BCUT2D eigenvalue weighted by molar-refractivity contribution is 0.112. The third-order valence-electron chi connectivity index (χ3n) is 3.21. The minimum absolute atomic E-state index is 0.522. The van der Waals surface area contributed by atoms with Crippen LogP contribution in [-0.4, -0.2) is 31.6 Å². The summed E-state index contributed by atoms with van der Waals surface area (Å²) in [5, 5.41) is 0. The lowest BCUT2D eigenvalue weighted by Gasteiger charge is -2.41. The van der Waals surface area contributed by atoms with Crippen molar-refractivity contribution < 1.29 is 0 Å². The normalized spacial score (nSPS) is 19.9. The summed E-state index contributed by atoms with van der Waals surface area (Å²) < 4.78 is 1.13. The zero-order valence-corrected chi connectivity index (χ0v) is 10.6. The van der Waals surface area contributed by atoms with Crippen LogP contribution in [0.5, 0.6) is 0 Å². The molecule has 2 N–H and O–H groups in total. The molecule has 0 aliphatic carbocycles. The van der Waals surface area contributed by atoms with Gasteiger partial charge in [0.1, 0.15) is 0 Å². The van der Waals surface area contributed by atoms with Gasteiger partial charge in [0.05, 0.1) is 0 Å². The average Bonchev–Trinajstić information content (AvgIpc) is 2.19. The molecule has 1 saturated heterocycles. The molecular formula is C12H17BrN2. The molecule has 1 aliphatic heterocycles. The predicted octanol–water partition coefficient (Wildman–Crippen LogP) is 2.05. The number of nitrogens with zero attached hydrogens (tertiary/aromatic N) is 1. The number of rotatable bonds is 3. The highest BCUT2D eigenvalue weighted by Crippen LogP contribution is 2.30. The van der Waals surface area contributed by atoms with E-state index in [1.54, 1.807) is 0 Å². The van der Waals surface area contributed by atoms with Gasteiger partial charge in [0, 0.05) is 23.5 Å². The van der Waals surface area contributed by atoms with Crippen molar-refractivity contribution in [3.63, 3.8) is 0 Å². The third kappa shape index (κ3) is 2.41. The van der Waals surface area contributed by atoms with Crippen LogP contribution in [0.3, 0.4) is 0 Å². The largest absolute Gasteiger partial charge is 0.330 e. The van der Waals surface area contributed by atoms with Gasteiger partial charge in [-0.2, -0.15) is 0 Å². The molecule has 1 unspecified atom stereocenters. The van der Waals surface area contributed by atoms with Gasteiger partial charge in [-0.15, -0.1) is 0 Å². The van der Waals surface area contributed by atoms with Crippen LogP contribution in [0.1, 0.15) is 11.5 Å². The molecule has 1 aliphatic rings. The van der Waals surface area contributed by atoms with E-state index in [2.05, 4.69) is 52.1 Å². The monoisotopic (exact) mass is 268 g/mol. The van der Waals surface area contributed by atoms with Crippen molar-refractivity contribution in [3.05, 3.63) is 34.3 Å². The summed E-state index contributed by atoms with van der Waals surface area (Å²) in [5.74, 6) is 1.26. The molecule has 3 heteroatoms. The molecule has 0 bridgehead atoms. The van der Waals surface area contributed by atoms with E-state index < -0.39 is 0 Å². The van der Waals surface area contributed by atoms with Gasteiger partial charge in [-0.1, -0.05) is 28.1 Å². The second kappa shape index (κ2) is 4.64. The van der Waals surface area contributed by atoms with Crippen LogP contribution in [0.15, 0.2) is 28.7 Å². The maximum atomic E-state index is 5.87. The summed E-state index contributed by atoms with van der Waals surface area (Å²) >= 11 is 3.45. The van der Waals surface area contributed by atoms with Gasteiger partial charge in [-0.05, 0) is 37.2 Å². The van der Waals surface area contributed by atoms with E-state index in [-0.39, 0.29) is 0 Å². The Bertz CT molecular complexity index is 317. The molecule has 0 amide bonds. The summed E-state index contributed by atoms with van der Waals surface area (Å²) in [6.07, 6.45) is 0. The first-order valence-electron chi connectivity index (χ1n) is 5.35. The fourth-order valence-electron chi connectivity index (χ4n) is 2.31. The Morgan fingerprint density at radius 3 is 2.47 bits per heavy atom. The van der Waals surface area contributed by atoms with Gasteiger partial charge in [-0.25, -0.2) is 0 Å². The predicted molar refractivity (Wildman–Crippen MR) is 66.9 cm³/mol. The quantitative estimate of drug-likeness (QED) is 0.910. The van der Waals surface area contributed by atoms with Crippen LogP contribution >= 0.6 is 15.9 Å². The summed E-state index contributed by atoms with van der Waals surface area (Å²) in [7, 11) is 2.16. The SMILES string of the molecule is CN1CC(C(CN)c2ccc(Br)cc2)C1. The zero-order valence-electron chi connectivity index (χ0n) is 8.99. The molecule has 2 rings (SSSR count). The summed E-state index contributed by atoms with van der Waals surface area (Å²) in [4.78, 5) is 2.34. The Morgan fingerprint density at radius 1 is 1.40 bits per heavy atom. The molecule has 15 heavy (non-hydrogen) atoms. The number of nitrogens with two attached hydrogens (primary N) is 1. The Balaban J connectivity index is 2.09. The van der Waals surface area contributed by atoms with Crippen LogP contribution < -0.4 is 5.73 Å². The van der Waals surface area contributed by atoms with Gasteiger partial charge < -0.3 is 10.6 Å². The first-order chi connectivity index (χ1) is 7.20. The van der Waals surface area contributed by atoms with Crippen LogP contribution in [0.2, 0.25) is 0 Å². The van der Waals surface area contributed by atoms with Crippen molar-refractivity contribution >= 4 is 15.9 Å². The van der Waals surface area contributed by atoms with E-state index in [9.17, 15) is 0 Å². The number of halogens is 1. The Kier molecular flexibility index (Phi) is 3.44. The molecular weight excluding hydrogens is 252 g/mol. The molecule has 1 fully saturated rings. The fourth-order valence-corrected chi connectivity index (χ4v) is 2.58. The molecule has 1 aromatic rings. The highest BCUT2D eigenvalue weighted by Gasteiger charge is 2.31. The second-order valence-electron chi connectivity index (χ2n) is 4.38. The van der Waals surface area contributed by atoms with Gasteiger partial charge >= 0.3 is 0 Å². The number of likely N-dealkylation sites (tertiary alicyclic amines) is 1. The maximum Gasteiger partial charge on any atom is 0.0175 e. The molecule has 1 aromatic carbocycles. The first-order valence-corrected chi connectivity index (χ1v) is 6.14. The van der Waals surface area contributed by atoms with Gasteiger partial charge in [0.15, 0.2) is 0 Å². The molecule has 82 valence electrons. The van der Waals surface area contributed by atoms with Gasteiger partial charge in [-0.3, -0.25) is 0 Å². The fraction of sp³-hybridized carbons (Fsp3) is 0.500. The zero-order chi connectivity index (χ0) is 10.8. The number of benzene rings is 1. The second-order valence-corrected chi connectivity index (χ2v) is 5.29. The Morgan fingerprint density at radius 2 is 2.00 bits per heavy atom. The van der Waals surface area contributed by atoms with Crippen LogP contribution in [0.25, 0.3) is 0 Å². The van der Waals surface area contributed by atoms with Crippen molar-refractivity contribution in [1.29, 1.82) is 0 Å². The molecule has 1 heterocycles. The molecule has 1 atom stereocenters. The van der Waals surface area contributed by atoms with Crippen molar-refractivity contribution in [1.82, 2.24) is 4.90 Å². The van der Waals surface area contributed by atoms with Crippen molar-refractivity contribution in [2.24, 2.45) is 11.7 Å². The van der Waals surface area contributed by atoms with Crippen molar-refractivity contribution in [2.75, 3.05) is 26.7 Å². The minimum Gasteiger partial charge on any atom is -0.330 e. The van der Waals surface area contributed by atoms with E-state index in [4.69, 9.17) is 5.73 Å². The highest BCUT2D eigenvalue weighted by molar-refractivity contribution is 9.10. The molecule has 0 saturated carbocycles. The minimum atomic E-state index is 0.522. The first kappa shape index (κ1) is 11.1. The van der Waals surface area contributed by atoms with Gasteiger partial charge in [0.2, 0.25) is 0 Å². The highest BCUT2D eigenvalue weighted by atomic mass is 79.9. The van der Waals surface area contributed by atoms with E-state index in [0.29, 0.717) is 5.92 Å². The third-order valence-corrected chi connectivity index (χ3v) is 3.74. The topological polar surface area (TPSA) is 29.3 Å². The van der Waals surface area contributed by atoms with E-state index >= 15 is 0 Å². The van der Waals surface area contributed by atoms with E-state index in [0.717, 1.165) is 16.9 Å². The molecule has 0 spiro atoms. The van der Waals surface area contributed by atoms with E-state index in [1.165, 1.54) is 18.7 Å². The molecule has 0 aromatic heterocycles. The lowest BCUT2D eigenvalue weighted by atomic mass is 9.81. The molecule has 2 nitrogen and oxygen atoms in total. The summed E-state index contributed by atoms with van der Waals surface area (Å²) in [6.45, 7) is 3.11. The Labute approximate surface area is 99.6 Å². The number of hydrogen-bond acceptors (Lipinski definition) is 2. The van der Waals surface area contributed by atoms with Crippen LogP contribution in [-0.2, 0) is 0 Å². The summed E-state index contributed by atoms with van der Waals surface area (Å²) in [5.41, 5.74) is 7.24. The van der Waals surface area contributed by atoms with Crippen LogP contribution in [0.4, 0.5) is 0 Å². The molecule has 0 radical (unpaired) electrons. The maximum absolute atomic E-state index is 5.87. The standard InChI is InChI=1S/C12H17BrN2/c1-15-7-10(8-15)12(6-14)9-2-4-11(13)5-3-9/h2-5,10,12H,6-8,14H2,1H3. The smallest absolute Gasteiger partial charge is 0.0175 e. The average molecular weight is 269 g/mol. The van der Waals surface area contributed by atoms with Gasteiger partial charge in [0.25, 0.3) is 0 Å². The van der Waals surface area contributed by atoms with E-state index in [1.807, 2.05) is 0 Å². The Hall–Kier alpha value is -0.380. The van der Waals surface area contributed by atoms with Crippen LogP contribution in [0, 0.1) is 5.92 Å². The summed E-state index contributed by atoms with van der Waals surface area (Å²) in [6, 6.07) is 8.56. The van der Waals surface area contributed by atoms with Crippen molar-refractivity contribution in [2.45, 2.75) is 5.92 Å². The van der Waals surface area contributed by atoms with Crippen molar-refractivity contribution in [3.8, 4) is 0 Å². The lowest BCUT2D eigenvalue weighted by Crippen LogP contribution is -2.48. The number of hydrogen-bond donors (Lipinski definition) is 1.